The van der Waals surface area contributed by atoms with Gasteiger partial charge in [0.15, 0.2) is 0 Å². The highest BCUT2D eigenvalue weighted by molar-refractivity contribution is 6.46. The van der Waals surface area contributed by atoms with Crippen LogP contribution in [0.3, 0.4) is 0 Å². The number of non-ortho nitro benzene ring substituents is 1. The molecule has 0 atom stereocenters. The first kappa shape index (κ1) is 20.9. The molecule has 0 fully saturated rings. The van der Waals surface area contributed by atoms with Gasteiger partial charge in [0.25, 0.3) is 17.4 Å². The van der Waals surface area contributed by atoms with Gasteiger partial charge < -0.3 is 5.32 Å². The van der Waals surface area contributed by atoms with Crippen molar-refractivity contribution in [3.05, 3.63) is 81.5 Å². The van der Waals surface area contributed by atoms with Crippen molar-refractivity contribution >= 4 is 23.2 Å². The SMILES string of the molecule is Cc1ccc(C(=O)C(=O)Nc2cc(C(C)(C)C)nn2-c2cccc([N+](=O)[O-])c2)cc1. The third kappa shape index (κ3) is 4.43. The number of nitro benzene ring substituents is 1. The lowest BCUT2D eigenvalue weighted by molar-refractivity contribution is -0.384. The summed E-state index contributed by atoms with van der Waals surface area (Å²) in [6.07, 6.45) is 0. The minimum atomic E-state index is -0.814. The van der Waals surface area contributed by atoms with Crippen LogP contribution in [0.5, 0.6) is 0 Å². The number of carbonyl (C=O) groups is 2. The molecule has 1 aromatic heterocycles. The van der Waals surface area contributed by atoms with Gasteiger partial charge in [-0.25, -0.2) is 4.68 Å². The van der Waals surface area contributed by atoms with E-state index in [0.29, 0.717) is 11.4 Å². The molecule has 0 aliphatic rings. The first-order chi connectivity index (χ1) is 14.1. The maximum absolute atomic E-state index is 12.6. The topological polar surface area (TPSA) is 107 Å². The molecule has 0 saturated carbocycles. The van der Waals surface area contributed by atoms with Gasteiger partial charge in [-0.1, -0.05) is 56.7 Å². The number of Topliss-reactive ketones (excluding diaryl/α,β-unsaturated/α-hetero) is 1. The Bertz CT molecular complexity index is 1120. The monoisotopic (exact) mass is 406 g/mol. The Morgan fingerprint density at radius 3 is 2.33 bits per heavy atom. The Morgan fingerprint density at radius 1 is 1.07 bits per heavy atom. The molecule has 0 spiro atoms. The Kier molecular flexibility index (Phi) is 5.51. The van der Waals surface area contributed by atoms with Gasteiger partial charge in [-0.2, -0.15) is 5.10 Å². The predicted molar refractivity (Wildman–Crippen MR) is 113 cm³/mol. The van der Waals surface area contributed by atoms with Gasteiger partial charge in [0.2, 0.25) is 0 Å². The van der Waals surface area contributed by atoms with Crippen molar-refractivity contribution in [1.29, 1.82) is 0 Å². The fourth-order valence-corrected chi connectivity index (χ4v) is 2.78. The minimum Gasteiger partial charge on any atom is -0.304 e. The summed E-state index contributed by atoms with van der Waals surface area (Å²) >= 11 is 0. The van der Waals surface area contributed by atoms with E-state index in [1.54, 1.807) is 36.4 Å². The van der Waals surface area contributed by atoms with E-state index < -0.39 is 16.6 Å². The molecular formula is C22H22N4O4. The van der Waals surface area contributed by atoms with Gasteiger partial charge in [0.05, 0.1) is 16.3 Å². The van der Waals surface area contributed by atoms with Crippen LogP contribution in [0.15, 0.2) is 54.6 Å². The Morgan fingerprint density at radius 2 is 1.73 bits per heavy atom. The molecule has 0 unspecified atom stereocenters. The number of aromatic nitrogens is 2. The summed E-state index contributed by atoms with van der Waals surface area (Å²) in [6, 6.07) is 14.3. The fourth-order valence-electron chi connectivity index (χ4n) is 2.78. The molecule has 0 aliphatic heterocycles. The number of hydrogen-bond acceptors (Lipinski definition) is 5. The first-order valence-electron chi connectivity index (χ1n) is 9.34. The number of nitrogens with zero attached hydrogens (tertiary/aromatic N) is 3. The Hall–Kier alpha value is -3.81. The average molecular weight is 406 g/mol. The molecule has 8 heteroatoms. The van der Waals surface area contributed by atoms with Crippen LogP contribution in [-0.4, -0.2) is 26.4 Å². The van der Waals surface area contributed by atoms with Gasteiger partial charge in [-0.3, -0.25) is 19.7 Å². The van der Waals surface area contributed by atoms with Crippen LogP contribution < -0.4 is 5.32 Å². The van der Waals surface area contributed by atoms with E-state index in [2.05, 4.69) is 10.4 Å². The molecule has 0 bridgehead atoms. The third-order valence-corrected chi connectivity index (χ3v) is 4.52. The summed E-state index contributed by atoms with van der Waals surface area (Å²) < 4.78 is 1.40. The molecule has 1 N–H and O–H groups in total. The van der Waals surface area contributed by atoms with Crippen LogP contribution in [0.4, 0.5) is 11.5 Å². The van der Waals surface area contributed by atoms with Crippen molar-refractivity contribution in [2.45, 2.75) is 33.1 Å². The lowest BCUT2D eigenvalue weighted by atomic mass is 9.92. The normalized spacial score (nSPS) is 11.2. The van der Waals surface area contributed by atoms with Crippen molar-refractivity contribution in [1.82, 2.24) is 9.78 Å². The molecule has 154 valence electrons. The van der Waals surface area contributed by atoms with Gasteiger partial charge >= 0.3 is 0 Å². The highest BCUT2D eigenvalue weighted by Crippen LogP contribution is 2.27. The molecule has 8 nitrogen and oxygen atoms in total. The molecule has 3 rings (SSSR count). The summed E-state index contributed by atoms with van der Waals surface area (Å²) in [7, 11) is 0. The summed E-state index contributed by atoms with van der Waals surface area (Å²) in [5, 5.41) is 18.3. The second-order valence-corrected chi connectivity index (χ2v) is 8.00. The van der Waals surface area contributed by atoms with E-state index in [4.69, 9.17) is 0 Å². The van der Waals surface area contributed by atoms with Crippen molar-refractivity contribution in [2.75, 3.05) is 5.32 Å². The molecule has 0 aliphatic carbocycles. The highest BCUT2D eigenvalue weighted by atomic mass is 16.6. The maximum atomic E-state index is 12.6. The summed E-state index contributed by atoms with van der Waals surface area (Å²) in [5.41, 5.74) is 1.87. The van der Waals surface area contributed by atoms with Gasteiger partial charge in [0.1, 0.15) is 5.82 Å². The molecule has 2 aromatic carbocycles. The number of hydrogen-bond donors (Lipinski definition) is 1. The third-order valence-electron chi connectivity index (χ3n) is 4.52. The van der Waals surface area contributed by atoms with Crippen molar-refractivity contribution in [3.8, 4) is 5.69 Å². The van der Waals surface area contributed by atoms with Crippen LogP contribution in [0.25, 0.3) is 5.69 Å². The highest BCUT2D eigenvalue weighted by Gasteiger charge is 2.24. The van der Waals surface area contributed by atoms with E-state index in [1.807, 2.05) is 27.7 Å². The summed E-state index contributed by atoms with van der Waals surface area (Å²) in [6.45, 7) is 7.75. The van der Waals surface area contributed by atoms with Crippen LogP contribution in [0.2, 0.25) is 0 Å². The number of rotatable bonds is 5. The first-order valence-corrected chi connectivity index (χ1v) is 9.34. The van der Waals surface area contributed by atoms with Crippen molar-refractivity contribution in [2.24, 2.45) is 0 Å². The van der Waals surface area contributed by atoms with Gasteiger partial charge in [-0.15, -0.1) is 0 Å². The number of nitro groups is 1. The second-order valence-electron chi connectivity index (χ2n) is 8.00. The quantitative estimate of drug-likeness (QED) is 0.296. The fraction of sp³-hybridized carbons (Fsp3) is 0.227. The summed E-state index contributed by atoms with van der Waals surface area (Å²) in [4.78, 5) is 35.8. The Labute approximate surface area is 173 Å². The molecule has 0 saturated heterocycles. The molecule has 30 heavy (non-hydrogen) atoms. The number of ketones is 1. The number of carbonyl (C=O) groups excluding carboxylic acids is 2. The van der Waals surface area contributed by atoms with Crippen LogP contribution in [-0.2, 0) is 10.2 Å². The lowest BCUT2D eigenvalue weighted by Gasteiger charge is -2.14. The molecular weight excluding hydrogens is 384 g/mol. The van der Waals surface area contributed by atoms with E-state index in [1.165, 1.54) is 22.9 Å². The molecule has 3 aromatic rings. The zero-order chi connectivity index (χ0) is 22.1. The summed E-state index contributed by atoms with van der Waals surface area (Å²) in [5.74, 6) is -1.24. The van der Waals surface area contributed by atoms with E-state index in [9.17, 15) is 19.7 Å². The van der Waals surface area contributed by atoms with Crippen LogP contribution >= 0.6 is 0 Å². The number of anilines is 1. The smallest absolute Gasteiger partial charge is 0.297 e. The van der Waals surface area contributed by atoms with Gasteiger partial charge in [-0.05, 0) is 13.0 Å². The van der Waals surface area contributed by atoms with Crippen LogP contribution in [0, 0.1) is 17.0 Å². The Balaban J connectivity index is 1.99. The van der Waals surface area contributed by atoms with Crippen molar-refractivity contribution < 1.29 is 14.5 Å². The van der Waals surface area contributed by atoms with Crippen LogP contribution in [0.1, 0.15) is 42.4 Å². The molecule has 0 radical (unpaired) electrons. The average Bonchev–Trinajstić information content (AvgIpc) is 3.12. The number of aryl methyl sites for hydroxylation is 1. The molecule has 1 heterocycles. The van der Waals surface area contributed by atoms with Gasteiger partial charge in [0, 0.05) is 29.2 Å². The second kappa shape index (κ2) is 7.90. The zero-order valence-electron chi connectivity index (χ0n) is 17.2. The lowest BCUT2D eigenvalue weighted by Crippen LogP contribution is -2.24. The molecule has 1 amide bonds. The number of nitrogens with one attached hydrogen (secondary N) is 1. The predicted octanol–water partition coefficient (Wildman–Crippen LogP) is 4.21. The van der Waals surface area contributed by atoms with Crippen molar-refractivity contribution in [3.63, 3.8) is 0 Å². The maximum Gasteiger partial charge on any atom is 0.297 e. The van der Waals surface area contributed by atoms with E-state index >= 15 is 0 Å². The largest absolute Gasteiger partial charge is 0.304 e. The van der Waals surface area contributed by atoms with E-state index in [0.717, 1.165) is 5.56 Å². The zero-order valence-corrected chi connectivity index (χ0v) is 17.2. The number of amides is 1. The minimum absolute atomic E-state index is 0.103. The number of benzene rings is 2. The standard InChI is InChI=1S/C22H22N4O4/c1-14-8-10-15(11-9-14)20(27)21(28)23-19-13-18(22(2,3)4)24-25(19)16-6-5-7-17(12-16)26(29)30/h5-13H,1-4H3,(H,23,28). The van der Waals surface area contributed by atoms with E-state index in [-0.39, 0.29) is 22.5 Å².